The van der Waals surface area contributed by atoms with Gasteiger partial charge in [0.05, 0.1) is 11.1 Å². The Morgan fingerprint density at radius 3 is 2.88 bits per heavy atom. The van der Waals surface area contributed by atoms with Crippen molar-refractivity contribution in [3.05, 3.63) is 64.8 Å². The van der Waals surface area contributed by atoms with E-state index in [1.54, 1.807) is 17.0 Å². The molecule has 3 aromatic rings. The summed E-state index contributed by atoms with van der Waals surface area (Å²) in [6.45, 7) is 2.64. The highest BCUT2D eigenvalue weighted by molar-refractivity contribution is 6.31. The van der Waals surface area contributed by atoms with Crippen LogP contribution in [0.5, 0.6) is 5.75 Å². The quantitative estimate of drug-likeness (QED) is 0.692. The number of hydrogen-bond donors (Lipinski definition) is 0. The van der Waals surface area contributed by atoms with E-state index < -0.39 is 0 Å². The number of carbonyl (C=O) groups is 1. The average Bonchev–Trinajstić information content (AvgIpc) is 3.07. The topological polar surface area (TPSA) is 55.6 Å². The van der Waals surface area contributed by atoms with Crippen molar-refractivity contribution < 1.29 is 14.1 Å². The van der Waals surface area contributed by atoms with Crippen LogP contribution in [0.3, 0.4) is 0 Å². The van der Waals surface area contributed by atoms with E-state index in [4.69, 9.17) is 20.9 Å². The minimum absolute atomic E-state index is 0.238. The van der Waals surface area contributed by atoms with Crippen LogP contribution < -0.4 is 9.64 Å². The molecule has 2 aromatic carbocycles. The lowest BCUT2D eigenvalue weighted by Crippen LogP contribution is -2.31. The van der Waals surface area contributed by atoms with Gasteiger partial charge in [-0.2, -0.15) is 0 Å². The number of anilines is 1. The van der Waals surface area contributed by atoms with E-state index in [0.29, 0.717) is 28.6 Å². The molecule has 2 heterocycles. The summed E-state index contributed by atoms with van der Waals surface area (Å²) >= 11 is 6.05. The van der Waals surface area contributed by atoms with Gasteiger partial charge in [-0.25, -0.2) is 0 Å². The third-order valence-electron chi connectivity index (χ3n) is 4.18. The van der Waals surface area contributed by atoms with Crippen LogP contribution in [0, 0.1) is 0 Å². The SMILES string of the molecule is CCN(C(=O)c1noc2c1COc1ccccc1-2)c1cccc(Cl)c1. The van der Waals surface area contributed by atoms with E-state index >= 15 is 0 Å². The Hall–Kier alpha value is -2.79. The lowest BCUT2D eigenvalue weighted by atomic mass is 10.0. The Morgan fingerprint density at radius 2 is 2.08 bits per heavy atom. The number of hydrogen-bond acceptors (Lipinski definition) is 4. The maximum absolute atomic E-state index is 13.0. The molecule has 1 aromatic heterocycles. The summed E-state index contributed by atoms with van der Waals surface area (Å²) in [6, 6.07) is 14.7. The molecule has 0 atom stereocenters. The Bertz CT molecular complexity index is 951. The summed E-state index contributed by atoms with van der Waals surface area (Å²) in [5, 5.41) is 4.61. The Morgan fingerprint density at radius 1 is 1.24 bits per heavy atom. The standard InChI is InChI=1S/C19H15ClN2O3/c1-2-22(13-7-5-6-12(20)10-13)19(23)17-15-11-24-16-9-4-3-8-14(16)18(15)25-21-17/h3-10H,2,11H2,1H3. The normalized spacial score (nSPS) is 12.1. The zero-order chi connectivity index (χ0) is 17.4. The number of fused-ring (bicyclic) bond motifs is 3. The van der Waals surface area contributed by atoms with Crippen molar-refractivity contribution >= 4 is 23.2 Å². The predicted molar refractivity (Wildman–Crippen MR) is 95.1 cm³/mol. The van der Waals surface area contributed by atoms with E-state index in [9.17, 15) is 4.79 Å². The highest BCUT2D eigenvalue weighted by atomic mass is 35.5. The summed E-state index contributed by atoms with van der Waals surface area (Å²) in [6.07, 6.45) is 0. The number of benzene rings is 2. The Balaban J connectivity index is 1.74. The van der Waals surface area contributed by atoms with Crippen molar-refractivity contribution in [3.63, 3.8) is 0 Å². The fourth-order valence-electron chi connectivity index (χ4n) is 2.97. The molecule has 0 aliphatic carbocycles. The van der Waals surface area contributed by atoms with Gasteiger partial charge in [0.15, 0.2) is 11.5 Å². The second-order valence-corrected chi connectivity index (χ2v) is 6.09. The van der Waals surface area contributed by atoms with Gasteiger partial charge in [0.25, 0.3) is 5.91 Å². The van der Waals surface area contributed by atoms with Gasteiger partial charge in [-0.3, -0.25) is 4.79 Å². The van der Waals surface area contributed by atoms with E-state index in [1.165, 1.54) is 0 Å². The van der Waals surface area contributed by atoms with Gasteiger partial charge >= 0.3 is 0 Å². The highest BCUT2D eigenvalue weighted by Crippen LogP contribution is 2.39. The zero-order valence-corrected chi connectivity index (χ0v) is 14.3. The van der Waals surface area contributed by atoms with Crippen LogP contribution in [0.1, 0.15) is 23.0 Å². The molecule has 0 unspecified atom stereocenters. The van der Waals surface area contributed by atoms with Crippen molar-refractivity contribution in [1.29, 1.82) is 0 Å². The van der Waals surface area contributed by atoms with Crippen LogP contribution in [-0.4, -0.2) is 17.6 Å². The van der Waals surface area contributed by atoms with Gasteiger partial charge in [-0.05, 0) is 37.3 Å². The smallest absolute Gasteiger partial charge is 0.280 e. The molecule has 0 N–H and O–H groups in total. The average molecular weight is 355 g/mol. The maximum Gasteiger partial charge on any atom is 0.280 e. The lowest BCUT2D eigenvalue weighted by molar-refractivity contribution is 0.0977. The minimum Gasteiger partial charge on any atom is -0.488 e. The van der Waals surface area contributed by atoms with Crippen LogP contribution >= 0.6 is 11.6 Å². The maximum atomic E-state index is 13.0. The molecule has 0 saturated heterocycles. The van der Waals surface area contributed by atoms with Crippen molar-refractivity contribution in [3.8, 4) is 17.1 Å². The molecule has 6 heteroatoms. The molecule has 0 spiro atoms. The number of carbonyl (C=O) groups excluding carboxylic acids is 1. The van der Waals surface area contributed by atoms with E-state index in [0.717, 1.165) is 11.3 Å². The minimum atomic E-state index is -0.238. The monoisotopic (exact) mass is 354 g/mol. The van der Waals surface area contributed by atoms with Crippen LogP contribution in [0.25, 0.3) is 11.3 Å². The van der Waals surface area contributed by atoms with Crippen LogP contribution in [0.15, 0.2) is 53.1 Å². The number of aromatic nitrogens is 1. The summed E-state index contributed by atoms with van der Waals surface area (Å²) < 4.78 is 11.2. The molecule has 1 aliphatic rings. The molecular weight excluding hydrogens is 340 g/mol. The summed E-state index contributed by atoms with van der Waals surface area (Å²) in [4.78, 5) is 14.7. The van der Waals surface area contributed by atoms with Crippen molar-refractivity contribution in [1.82, 2.24) is 5.16 Å². The molecule has 1 amide bonds. The molecule has 1 aliphatic heterocycles. The van der Waals surface area contributed by atoms with Crippen molar-refractivity contribution in [2.45, 2.75) is 13.5 Å². The van der Waals surface area contributed by atoms with Crippen LogP contribution in [0.4, 0.5) is 5.69 Å². The second kappa shape index (κ2) is 6.26. The third kappa shape index (κ3) is 2.66. The van der Waals surface area contributed by atoms with Gasteiger partial charge in [0, 0.05) is 17.3 Å². The van der Waals surface area contributed by atoms with Gasteiger partial charge in [0.2, 0.25) is 0 Å². The van der Waals surface area contributed by atoms with Crippen LogP contribution in [0.2, 0.25) is 5.02 Å². The number of amides is 1. The number of rotatable bonds is 3. The van der Waals surface area contributed by atoms with Crippen LogP contribution in [-0.2, 0) is 6.61 Å². The summed E-state index contributed by atoms with van der Waals surface area (Å²) in [5.41, 5.74) is 2.46. The Labute approximate surface area is 149 Å². The first-order valence-corrected chi connectivity index (χ1v) is 8.35. The third-order valence-corrected chi connectivity index (χ3v) is 4.41. The van der Waals surface area contributed by atoms with Gasteiger partial charge in [0.1, 0.15) is 12.4 Å². The highest BCUT2D eigenvalue weighted by Gasteiger charge is 2.31. The Kier molecular flexibility index (Phi) is 3.93. The van der Waals surface area contributed by atoms with Gasteiger partial charge in [-0.1, -0.05) is 35.0 Å². The second-order valence-electron chi connectivity index (χ2n) is 5.65. The largest absolute Gasteiger partial charge is 0.488 e. The molecule has 25 heavy (non-hydrogen) atoms. The zero-order valence-electron chi connectivity index (χ0n) is 13.5. The first-order chi connectivity index (χ1) is 12.2. The molecule has 0 radical (unpaired) electrons. The fourth-order valence-corrected chi connectivity index (χ4v) is 3.15. The number of nitrogens with zero attached hydrogens (tertiary/aromatic N) is 2. The number of halogens is 1. The van der Waals surface area contributed by atoms with Gasteiger partial charge in [-0.15, -0.1) is 0 Å². The van der Waals surface area contributed by atoms with E-state index in [1.807, 2.05) is 43.3 Å². The van der Waals surface area contributed by atoms with E-state index in [-0.39, 0.29) is 18.2 Å². The molecule has 0 saturated carbocycles. The summed E-state index contributed by atoms with van der Waals surface area (Å²) in [5.74, 6) is 1.08. The fraction of sp³-hybridized carbons (Fsp3) is 0.158. The van der Waals surface area contributed by atoms with Crippen molar-refractivity contribution in [2.75, 3.05) is 11.4 Å². The molecule has 0 fully saturated rings. The number of para-hydroxylation sites is 1. The first-order valence-electron chi connectivity index (χ1n) is 7.97. The predicted octanol–water partition coefficient (Wildman–Crippen LogP) is 4.55. The number of ether oxygens (including phenoxy) is 1. The van der Waals surface area contributed by atoms with Gasteiger partial charge < -0.3 is 14.2 Å². The van der Waals surface area contributed by atoms with Crippen molar-refractivity contribution in [2.24, 2.45) is 0 Å². The summed E-state index contributed by atoms with van der Waals surface area (Å²) in [7, 11) is 0. The molecular formula is C19H15ClN2O3. The van der Waals surface area contributed by atoms with E-state index in [2.05, 4.69) is 5.16 Å². The molecule has 4 rings (SSSR count). The molecule has 0 bridgehead atoms. The molecule has 126 valence electrons. The first kappa shape index (κ1) is 15.7. The lowest BCUT2D eigenvalue weighted by Gasteiger charge is -2.21. The molecule has 5 nitrogen and oxygen atoms in total.